The normalized spacial score (nSPS) is 16.6. The summed E-state index contributed by atoms with van der Waals surface area (Å²) in [7, 11) is 0. The molecule has 0 aliphatic heterocycles. The number of nitrogens with one attached hydrogen (secondary N) is 1. The highest BCUT2D eigenvalue weighted by Crippen LogP contribution is 2.27. The molecule has 2 heteroatoms. The molecule has 0 heterocycles. The minimum Gasteiger partial charge on any atom is -0.312 e. The van der Waals surface area contributed by atoms with E-state index in [-0.39, 0.29) is 5.54 Å². The Morgan fingerprint density at radius 1 is 1.05 bits per heavy atom. The lowest BCUT2D eigenvalue weighted by atomic mass is 10.1. The van der Waals surface area contributed by atoms with Crippen LogP contribution in [-0.2, 0) is 0 Å². The van der Waals surface area contributed by atoms with Crippen molar-refractivity contribution in [2.45, 2.75) is 84.7 Å². The lowest BCUT2D eigenvalue weighted by Crippen LogP contribution is -2.36. The van der Waals surface area contributed by atoms with Gasteiger partial charge in [0.15, 0.2) is 0 Å². The first-order valence-electron chi connectivity index (χ1n) is 8.37. The van der Waals surface area contributed by atoms with Crippen molar-refractivity contribution >= 4 is 0 Å². The fraction of sp³-hybridized carbons (Fsp3) is 1.00. The molecule has 0 radical (unpaired) electrons. The highest BCUT2D eigenvalue weighted by Gasteiger charge is 2.28. The van der Waals surface area contributed by atoms with Crippen molar-refractivity contribution in [1.29, 1.82) is 0 Å². The van der Waals surface area contributed by atoms with Crippen molar-refractivity contribution in [2.24, 2.45) is 5.92 Å². The van der Waals surface area contributed by atoms with E-state index in [1.807, 2.05) is 0 Å². The molecule has 19 heavy (non-hydrogen) atoms. The highest BCUT2D eigenvalue weighted by atomic mass is 15.2. The summed E-state index contributed by atoms with van der Waals surface area (Å²) in [5.41, 5.74) is 0.275. The molecule has 0 aromatic rings. The highest BCUT2D eigenvalue weighted by molar-refractivity contribution is 4.84. The third kappa shape index (κ3) is 9.45. The van der Waals surface area contributed by atoms with Crippen LogP contribution in [0.25, 0.3) is 0 Å². The van der Waals surface area contributed by atoms with Gasteiger partial charge in [0, 0.05) is 11.6 Å². The molecule has 0 amide bonds. The number of hydrogen-bond acceptors (Lipinski definition) is 2. The Hall–Kier alpha value is -0.0800. The Morgan fingerprint density at radius 2 is 1.74 bits per heavy atom. The van der Waals surface area contributed by atoms with Crippen LogP contribution in [0.2, 0.25) is 0 Å². The second-order valence-corrected chi connectivity index (χ2v) is 7.69. The summed E-state index contributed by atoms with van der Waals surface area (Å²) in [5, 5.41) is 3.57. The minimum atomic E-state index is 0.275. The van der Waals surface area contributed by atoms with Gasteiger partial charge in [-0.1, -0.05) is 20.3 Å². The third-order valence-corrected chi connectivity index (χ3v) is 3.83. The first-order valence-corrected chi connectivity index (χ1v) is 8.37. The molecule has 1 saturated carbocycles. The van der Waals surface area contributed by atoms with Crippen LogP contribution in [0.5, 0.6) is 0 Å². The van der Waals surface area contributed by atoms with Crippen LogP contribution in [0.3, 0.4) is 0 Å². The van der Waals surface area contributed by atoms with Crippen molar-refractivity contribution in [1.82, 2.24) is 10.2 Å². The molecule has 0 aromatic heterocycles. The van der Waals surface area contributed by atoms with Gasteiger partial charge in [-0.15, -0.1) is 0 Å². The number of hydrogen-bond donors (Lipinski definition) is 1. The largest absolute Gasteiger partial charge is 0.312 e. The van der Waals surface area contributed by atoms with E-state index in [1.54, 1.807) is 0 Å². The second-order valence-electron chi connectivity index (χ2n) is 7.69. The SMILES string of the molecule is CC(C)CCN(CCCCCNC(C)(C)C)C1CC1. The van der Waals surface area contributed by atoms with E-state index in [9.17, 15) is 0 Å². The second kappa shape index (κ2) is 8.26. The third-order valence-electron chi connectivity index (χ3n) is 3.83. The Morgan fingerprint density at radius 3 is 2.26 bits per heavy atom. The van der Waals surface area contributed by atoms with Gasteiger partial charge < -0.3 is 10.2 Å². The molecule has 0 aromatic carbocycles. The number of unbranched alkanes of at least 4 members (excludes halogenated alkanes) is 2. The predicted molar refractivity (Wildman–Crippen MR) is 85.7 cm³/mol. The Bertz CT molecular complexity index is 226. The molecule has 0 bridgehead atoms. The molecular formula is C17H36N2. The molecule has 0 saturated heterocycles. The molecule has 1 rings (SSSR count). The van der Waals surface area contributed by atoms with Crippen molar-refractivity contribution in [3.05, 3.63) is 0 Å². The van der Waals surface area contributed by atoms with Crippen LogP contribution in [-0.4, -0.2) is 36.1 Å². The van der Waals surface area contributed by atoms with E-state index in [4.69, 9.17) is 0 Å². The van der Waals surface area contributed by atoms with E-state index in [2.05, 4.69) is 44.8 Å². The molecule has 0 unspecified atom stereocenters. The Balaban J connectivity index is 2.02. The van der Waals surface area contributed by atoms with Crippen LogP contribution in [0.4, 0.5) is 0 Å². The van der Waals surface area contributed by atoms with Crippen molar-refractivity contribution in [3.63, 3.8) is 0 Å². The molecule has 1 aliphatic carbocycles. The molecule has 1 fully saturated rings. The van der Waals surface area contributed by atoms with Crippen LogP contribution < -0.4 is 5.32 Å². The standard InChI is InChI=1S/C17H36N2/c1-15(2)11-14-19(16-9-10-16)13-8-6-7-12-18-17(3,4)5/h15-16,18H,6-14H2,1-5H3. The first-order chi connectivity index (χ1) is 8.88. The molecule has 0 spiro atoms. The maximum absolute atomic E-state index is 3.57. The summed E-state index contributed by atoms with van der Waals surface area (Å²) in [4.78, 5) is 2.75. The Kier molecular flexibility index (Phi) is 7.38. The van der Waals surface area contributed by atoms with Gasteiger partial charge in [-0.2, -0.15) is 0 Å². The summed E-state index contributed by atoms with van der Waals surface area (Å²) in [6, 6.07) is 0.937. The summed E-state index contributed by atoms with van der Waals surface area (Å²) in [6.45, 7) is 15.2. The zero-order valence-electron chi connectivity index (χ0n) is 14.0. The molecular weight excluding hydrogens is 232 g/mol. The van der Waals surface area contributed by atoms with E-state index < -0.39 is 0 Å². The van der Waals surface area contributed by atoms with Crippen LogP contribution in [0.15, 0.2) is 0 Å². The topological polar surface area (TPSA) is 15.3 Å². The molecule has 2 nitrogen and oxygen atoms in total. The fourth-order valence-corrected chi connectivity index (χ4v) is 2.42. The zero-order valence-corrected chi connectivity index (χ0v) is 14.0. The smallest absolute Gasteiger partial charge is 0.00965 e. The molecule has 1 aliphatic rings. The van der Waals surface area contributed by atoms with Crippen LogP contribution in [0, 0.1) is 5.92 Å². The van der Waals surface area contributed by atoms with Crippen molar-refractivity contribution < 1.29 is 0 Å². The van der Waals surface area contributed by atoms with E-state index in [0.29, 0.717) is 0 Å². The van der Waals surface area contributed by atoms with Crippen molar-refractivity contribution in [3.8, 4) is 0 Å². The van der Waals surface area contributed by atoms with E-state index in [1.165, 1.54) is 58.2 Å². The lowest BCUT2D eigenvalue weighted by molar-refractivity contribution is 0.242. The Labute approximate surface area is 121 Å². The fourth-order valence-electron chi connectivity index (χ4n) is 2.42. The average Bonchev–Trinajstić information content (AvgIpc) is 3.09. The van der Waals surface area contributed by atoms with Gasteiger partial charge in [-0.3, -0.25) is 0 Å². The number of rotatable bonds is 10. The van der Waals surface area contributed by atoms with Gasteiger partial charge in [0.1, 0.15) is 0 Å². The zero-order chi connectivity index (χ0) is 14.3. The monoisotopic (exact) mass is 268 g/mol. The van der Waals surface area contributed by atoms with E-state index >= 15 is 0 Å². The van der Waals surface area contributed by atoms with Gasteiger partial charge in [0.05, 0.1) is 0 Å². The molecule has 114 valence electrons. The summed E-state index contributed by atoms with van der Waals surface area (Å²) < 4.78 is 0. The summed E-state index contributed by atoms with van der Waals surface area (Å²) >= 11 is 0. The van der Waals surface area contributed by atoms with Gasteiger partial charge in [-0.25, -0.2) is 0 Å². The maximum atomic E-state index is 3.57. The number of nitrogens with zero attached hydrogens (tertiary/aromatic N) is 1. The van der Waals surface area contributed by atoms with E-state index in [0.717, 1.165) is 12.0 Å². The van der Waals surface area contributed by atoms with Crippen molar-refractivity contribution in [2.75, 3.05) is 19.6 Å². The first kappa shape index (κ1) is 17.0. The lowest BCUT2D eigenvalue weighted by Gasteiger charge is -2.23. The average molecular weight is 268 g/mol. The van der Waals surface area contributed by atoms with Gasteiger partial charge in [0.25, 0.3) is 0 Å². The maximum Gasteiger partial charge on any atom is 0.00965 e. The summed E-state index contributed by atoms with van der Waals surface area (Å²) in [5.74, 6) is 0.845. The minimum absolute atomic E-state index is 0.275. The quantitative estimate of drug-likeness (QED) is 0.601. The van der Waals surface area contributed by atoms with Gasteiger partial charge in [-0.05, 0) is 78.4 Å². The summed E-state index contributed by atoms with van der Waals surface area (Å²) in [6.07, 6.45) is 8.32. The molecule has 1 N–H and O–H groups in total. The predicted octanol–water partition coefficient (Wildman–Crippen LogP) is 4.06. The van der Waals surface area contributed by atoms with Gasteiger partial charge >= 0.3 is 0 Å². The van der Waals surface area contributed by atoms with Crippen LogP contribution >= 0.6 is 0 Å². The van der Waals surface area contributed by atoms with Crippen LogP contribution in [0.1, 0.15) is 73.1 Å². The molecule has 0 atom stereocenters. The van der Waals surface area contributed by atoms with Gasteiger partial charge in [0.2, 0.25) is 0 Å².